The van der Waals surface area contributed by atoms with Gasteiger partial charge in [-0.15, -0.1) is 11.8 Å². The lowest BCUT2D eigenvalue weighted by Crippen LogP contribution is -2.21. The summed E-state index contributed by atoms with van der Waals surface area (Å²) < 4.78 is 0. The minimum atomic E-state index is 0.0684. The molecule has 43 heavy (non-hydrogen) atoms. The van der Waals surface area contributed by atoms with Gasteiger partial charge in [-0.25, -0.2) is 0 Å². The second-order valence-electron chi connectivity index (χ2n) is 17.1. The van der Waals surface area contributed by atoms with E-state index in [1.807, 2.05) is 0 Å². The van der Waals surface area contributed by atoms with Crippen LogP contribution in [0.2, 0.25) is 0 Å². The molecule has 0 saturated heterocycles. The van der Waals surface area contributed by atoms with E-state index < -0.39 is 0 Å². The van der Waals surface area contributed by atoms with Crippen LogP contribution >= 0.6 is 11.8 Å². The highest BCUT2D eigenvalue weighted by Crippen LogP contribution is 2.50. The minimum Gasteiger partial charge on any atom is -0.333 e. The van der Waals surface area contributed by atoms with E-state index in [-0.39, 0.29) is 21.7 Å². The SMILES string of the molecule is CC(C)(C)c1cc(-c2cccc(-c3cc(C(C)(C)C)cc(C(C)(C)C)c3)c2N2CSC3=C2CCCC3)cc(C(C)(C)C)c1. The first kappa shape index (κ1) is 32.0. The van der Waals surface area contributed by atoms with Gasteiger partial charge in [-0.05, 0) is 80.7 Å². The Labute approximate surface area is 267 Å². The van der Waals surface area contributed by atoms with Crippen molar-refractivity contribution < 1.29 is 0 Å². The van der Waals surface area contributed by atoms with E-state index in [9.17, 15) is 0 Å². The third-order valence-electron chi connectivity index (χ3n) is 9.34. The summed E-state index contributed by atoms with van der Waals surface area (Å²) in [6.07, 6.45) is 5.02. The molecule has 230 valence electrons. The molecule has 2 aliphatic rings. The highest BCUT2D eigenvalue weighted by atomic mass is 32.2. The number of nitrogens with zero attached hydrogens (tertiary/aromatic N) is 1. The molecule has 0 N–H and O–H groups in total. The zero-order valence-corrected chi connectivity index (χ0v) is 29.9. The van der Waals surface area contributed by atoms with Crippen molar-refractivity contribution >= 4 is 17.4 Å². The molecule has 0 fully saturated rings. The molecule has 1 heterocycles. The summed E-state index contributed by atoms with van der Waals surface area (Å²) in [6, 6.07) is 21.9. The molecule has 0 amide bonds. The van der Waals surface area contributed by atoms with Gasteiger partial charge in [0.15, 0.2) is 0 Å². The normalized spacial score (nSPS) is 16.6. The number of anilines is 1. The fourth-order valence-electron chi connectivity index (χ4n) is 6.32. The molecule has 5 rings (SSSR count). The Balaban J connectivity index is 1.84. The molecule has 1 nitrogen and oxygen atoms in total. The van der Waals surface area contributed by atoms with Gasteiger partial charge in [-0.2, -0.15) is 0 Å². The van der Waals surface area contributed by atoms with Crippen LogP contribution in [0.5, 0.6) is 0 Å². The van der Waals surface area contributed by atoms with Crippen molar-refractivity contribution in [3.8, 4) is 22.3 Å². The predicted octanol–water partition coefficient (Wildman–Crippen LogP) is 12.5. The van der Waals surface area contributed by atoms with Crippen LogP contribution in [0.3, 0.4) is 0 Å². The Kier molecular flexibility index (Phi) is 8.30. The number of para-hydroxylation sites is 1. The number of hydrogen-bond donors (Lipinski definition) is 0. The average Bonchev–Trinajstić information content (AvgIpc) is 3.34. The maximum Gasteiger partial charge on any atom is 0.0729 e. The summed E-state index contributed by atoms with van der Waals surface area (Å²) in [7, 11) is 0. The third kappa shape index (κ3) is 6.65. The van der Waals surface area contributed by atoms with Crippen LogP contribution < -0.4 is 4.90 Å². The van der Waals surface area contributed by atoms with Gasteiger partial charge in [-0.3, -0.25) is 0 Å². The molecule has 0 unspecified atom stereocenters. The quantitative estimate of drug-likeness (QED) is 0.297. The molecule has 0 aromatic heterocycles. The van der Waals surface area contributed by atoms with Gasteiger partial charge in [0, 0.05) is 21.7 Å². The van der Waals surface area contributed by atoms with Gasteiger partial charge < -0.3 is 4.90 Å². The summed E-state index contributed by atoms with van der Waals surface area (Å²) in [5.41, 5.74) is 14.2. The van der Waals surface area contributed by atoms with Crippen LogP contribution in [-0.2, 0) is 21.7 Å². The van der Waals surface area contributed by atoms with Crippen molar-refractivity contribution in [3.05, 3.63) is 87.5 Å². The summed E-state index contributed by atoms with van der Waals surface area (Å²) in [5, 5.41) is 0. The van der Waals surface area contributed by atoms with Gasteiger partial charge >= 0.3 is 0 Å². The van der Waals surface area contributed by atoms with Gasteiger partial charge in [0.1, 0.15) is 0 Å². The maximum atomic E-state index is 2.70. The lowest BCUT2D eigenvalue weighted by atomic mass is 9.77. The van der Waals surface area contributed by atoms with Crippen LogP contribution in [-0.4, -0.2) is 5.88 Å². The topological polar surface area (TPSA) is 3.24 Å². The average molecular weight is 594 g/mol. The molecule has 0 spiro atoms. The summed E-state index contributed by atoms with van der Waals surface area (Å²) in [6.45, 7) is 28.1. The summed E-state index contributed by atoms with van der Waals surface area (Å²) >= 11 is 2.07. The standard InChI is InChI=1S/C41H55NS/c1-38(2,3)29-20-27(21-30(24-29)39(4,5)6)33-16-15-17-34(37(33)42-26-43-36-19-14-13-18-35(36)42)28-22-31(40(7,8)9)25-32(23-28)41(10,11)12/h15-17,20-25H,13-14,18-19,26H2,1-12H3. The number of thioether (sulfide) groups is 1. The zero-order chi connectivity index (χ0) is 31.5. The Hall–Kier alpha value is -2.45. The van der Waals surface area contributed by atoms with Crippen molar-refractivity contribution in [2.75, 3.05) is 10.8 Å². The van der Waals surface area contributed by atoms with Crippen molar-refractivity contribution in [2.24, 2.45) is 0 Å². The fraction of sp³-hybridized carbons (Fsp3) is 0.512. The molecule has 1 aliphatic carbocycles. The van der Waals surface area contributed by atoms with E-state index >= 15 is 0 Å². The maximum absolute atomic E-state index is 2.70. The first-order valence-corrected chi connectivity index (χ1v) is 17.4. The third-order valence-corrected chi connectivity index (χ3v) is 10.5. The highest BCUT2D eigenvalue weighted by molar-refractivity contribution is 8.03. The molecular formula is C41H55NS. The zero-order valence-electron chi connectivity index (χ0n) is 29.1. The molecule has 0 radical (unpaired) electrons. The van der Waals surface area contributed by atoms with Crippen LogP contribution in [0.4, 0.5) is 5.69 Å². The van der Waals surface area contributed by atoms with Crippen LogP contribution in [0, 0.1) is 0 Å². The monoisotopic (exact) mass is 593 g/mol. The predicted molar refractivity (Wildman–Crippen MR) is 193 cm³/mol. The van der Waals surface area contributed by atoms with E-state index in [0.29, 0.717) is 0 Å². The summed E-state index contributed by atoms with van der Waals surface area (Å²) in [4.78, 5) is 4.31. The second kappa shape index (κ2) is 11.2. The largest absolute Gasteiger partial charge is 0.333 e. The number of benzene rings is 3. The van der Waals surface area contributed by atoms with Crippen LogP contribution in [0.1, 0.15) is 131 Å². The van der Waals surface area contributed by atoms with Crippen molar-refractivity contribution in [1.82, 2.24) is 0 Å². The number of allylic oxidation sites excluding steroid dienone is 2. The smallest absolute Gasteiger partial charge is 0.0729 e. The first-order chi connectivity index (χ1) is 19.8. The van der Waals surface area contributed by atoms with Gasteiger partial charge in [0.2, 0.25) is 0 Å². The summed E-state index contributed by atoms with van der Waals surface area (Å²) in [5.74, 6) is 1.00. The van der Waals surface area contributed by atoms with E-state index in [4.69, 9.17) is 0 Å². The number of hydrogen-bond acceptors (Lipinski definition) is 2. The lowest BCUT2D eigenvalue weighted by molar-refractivity contribution is 0.568. The van der Waals surface area contributed by atoms with Gasteiger partial charge in [0.25, 0.3) is 0 Å². The van der Waals surface area contributed by atoms with E-state index in [1.165, 1.54) is 75.9 Å². The molecule has 3 aromatic rings. The van der Waals surface area contributed by atoms with E-state index in [1.54, 1.807) is 10.6 Å². The van der Waals surface area contributed by atoms with E-state index in [0.717, 1.165) is 5.88 Å². The molecular weight excluding hydrogens is 539 g/mol. The Morgan fingerprint density at radius 2 is 0.930 bits per heavy atom. The molecule has 0 atom stereocenters. The fourth-order valence-corrected chi connectivity index (χ4v) is 7.56. The first-order valence-electron chi connectivity index (χ1n) is 16.4. The second-order valence-corrected chi connectivity index (χ2v) is 18.1. The van der Waals surface area contributed by atoms with Crippen molar-refractivity contribution in [3.63, 3.8) is 0 Å². The minimum absolute atomic E-state index is 0.0684. The highest BCUT2D eigenvalue weighted by Gasteiger charge is 2.31. The molecule has 1 aliphatic heterocycles. The number of rotatable bonds is 3. The Morgan fingerprint density at radius 3 is 1.33 bits per heavy atom. The molecule has 0 bridgehead atoms. The Morgan fingerprint density at radius 1 is 0.535 bits per heavy atom. The van der Waals surface area contributed by atoms with Crippen molar-refractivity contribution in [2.45, 2.75) is 130 Å². The van der Waals surface area contributed by atoms with E-state index in [2.05, 4.69) is 154 Å². The van der Waals surface area contributed by atoms with Gasteiger partial charge in [0.05, 0.1) is 11.6 Å². The molecule has 0 saturated carbocycles. The van der Waals surface area contributed by atoms with Crippen molar-refractivity contribution in [1.29, 1.82) is 0 Å². The lowest BCUT2D eigenvalue weighted by Gasteiger charge is -2.31. The van der Waals surface area contributed by atoms with Gasteiger partial charge in [-0.1, -0.05) is 138 Å². The molecule has 3 aromatic carbocycles. The Bertz CT molecular complexity index is 1380. The van der Waals surface area contributed by atoms with Crippen LogP contribution in [0.15, 0.2) is 65.2 Å². The molecule has 2 heteroatoms. The van der Waals surface area contributed by atoms with Crippen LogP contribution in [0.25, 0.3) is 22.3 Å².